The van der Waals surface area contributed by atoms with E-state index in [4.69, 9.17) is 0 Å². The molecule has 5 nitrogen and oxygen atoms in total. The number of halogens is 1. The van der Waals surface area contributed by atoms with Crippen LogP contribution in [0.2, 0.25) is 0 Å². The molecule has 2 rings (SSSR count). The van der Waals surface area contributed by atoms with Gasteiger partial charge in [-0.05, 0) is 43.2 Å². The van der Waals surface area contributed by atoms with Gasteiger partial charge in [0.25, 0.3) is 5.91 Å². The average molecular weight is 343 g/mol. The Balaban J connectivity index is 2.03. The van der Waals surface area contributed by atoms with Crippen molar-refractivity contribution in [3.05, 3.63) is 65.0 Å². The number of hydrogen-bond donors (Lipinski definition) is 2. The van der Waals surface area contributed by atoms with Gasteiger partial charge in [-0.3, -0.25) is 4.79 Å². The number of nitrogens with zero attached hydrogens (tertiary/aromatic N) is 1. The van der Waals surface area contributed by atoms with Crippen LogP contribution in [0.25, 0.3) is 0 Å². The van der Waals surface area contributed by atoms with E-state index >= 15 is 0 Å². The van der Waals surface area contributed by atoms with E-state index in [9.17, 15) is 14.0 Å². The summed E-state index contributed by atoms with van der Waals surface area (Å²) in [5, 5.41) is 5.55. The Morgan fingerprint density at radius 3 is 2.40 bits per heavy atom. The molecule has 0 saturated carbocycles. The molecule has 0 aliphatic heterocycles. The molecule has 6 heteroatoms. The maximum atomic E-state index is 12.9. The normalized spacial score (nSPS) is 10.2. The molecule has 25 heavy (non-hydrogen) atoms. The number of urea groups is 1. The summed E-state index contributed by atoms with van der Waals surface area (Å²) in [5.74, 6) is -0.548. The predicted octanol–water partition coefficient (Wildman–Crippen LogP) is 3.20. The summed E-state index contributed by atoms with van der Waals surface area (Å²) in [4.78, 5) is 25.7. The molecule has 0 unspecified atom stereocenters. The molecular weight excluding hydrogens is 321 g/mol. The minimum atomic E-state index is -0.302. The number of carbonyl (C=O) groups is 2. The zero-order chi connectivity index (χ0) is 18.4. The average Bonchev–Trinajstić information content (AvgIpc) is 2.58. The van der Waals surface area contributed by atoms with Crippen molar-refractivity contribution >= 4 is 17.6 Å². The summed E-state index contributed by atoms with van der Waals surface area (Å²) < 4.78 is 12.9. The van der Waals surface area contributed by atoms with E-state index in [0.717, 1.165) is 11.1 Å². The molecule has 2 aromatic rings. The van der Waals surface area contributed by atoms with Gasteiger partial charge in [0.2, 0.25) is 0 Å². The predicted molar refractivity (Wildman–Crippen MR) is 96.3 cm³/mol. The topological polar surface area (TPSA) is 61.4 Å². The standard InChI is InChI=1S/C19H22FN3O2/c1-13-4-9-17(22-19(25)23(2)3)16(12-13)18(24)21-11-10-14-5-7-15(20)8-6-14/h4-9,12H,10-11H2,1-3H3,(H,21,24)(H,22,25). The molecule has 2 aromatic carbocycles. The lowest BCUT2D eigenvalue weighted by Crippen LogP contribution is -2.30. The maximum absolute atomic E-state index is 12.9. The highest BCUT2D eigenvalue weighted by Crippen LogP contribution is 2.18. The molecule has 0 aliphatic rings. The fraction of sp³-hybridized carbons (Fsp3) is 0.263. The second kappa shape index (κ2) is 8.28. The monoisotopic (exact) mass is 343 g/mol. The highest BCUT2D eigenvalue weighted by molar-refractivity contribution is 6.03. The van der Waals surface area contributed by atoms with E-state index in [0.29, 0.717) is 24.2 Å². The van der Waals surface area contributed by atoms with Crippen LogP contribution in [0.15, 0.2) is 42.5 Å². The molecule has 3 amide bonds. The van der Waals surface area contributed by atoms with Crippen molar-refractivity contribution in [1.29, 1.82) is 0 Å². The molecule has 132 valence electrons. The van der Waals surface area contributed by atoms with Gasteiger partial charge in [0.05, 0.1) is 11.3 Å². The maximum Gasteiger partial charge on any atom is 0.321 e. The van der Waals surface area contributed by atoms with Crippen molar-refractivity contribution in [2.24, 2.45) is 0 Å². The first kappa shape index (κ1) is 18.4. The summed E-state index contributed by atoms with van der Waals surface area (Å²) in [6.45, 7) is 2.30. The summed E-state index contributed by atoms with van der Waals surface area (Å²) in [7, 11) is 3.26. The van der Waals surface area contributed by atoms with Crippen LogP contribution in [0.5, 0.6) is 0 Å². The number of rotatable bonds is 5. The number of benzene rings is 2. The van der Waals surface area contributed by atoms with Crippen molar-refractivity contribution in [3.63, 3.8) is 0 Å². The highest BCUT2D eigenvalue weighted by Gasteiger charge is 2.14. The van der Waals surface area contributed by atoms with Crippen LogP contribution in [-0.2, 0) is 6.42 Å². The van der Waals surface area contributed by atoms with Crippen LogP contribution in [-0.4, -0.2) is 37.5 Å². The van der Waals surface area contributed by atoms with Gasteiger partial charge >= 0.3 is 6.03 Å². The smallest absolute Gasteiger partial charge is 0.321 e. The minimum Gasteiger partial charge on any atom is -0.352 e. The van der Waals surface area contributed by atoms with Gasteiger partial charge in [0, 0.05) is 20.6 Å². The summed E-state index contributed by atoms with van der Waals surface area (Å²) in [6, 6.07) is 11.2. The third-order valence-electron chi connectivity index (χ3n) is 3.68. The molecule has 0 atom stereocenters. The van der Waals surface area contributed by atoms with Crippen LogP contribution >= 0.6 is 0 Å². The van der Waals surface area contributed by atoms with Gasteiger partial charge in [-0.2, -0.15) is 0 Å². The zero-order valence-corrected chi connectivity index (χ0v) is 14.6. The Morgan fingerprint density at radius 2 is 1.76 bits per heavy atom. The fourth-order valence-electron chi connectivity index (χ4n) is 2.25. The molecule has 2 N–H and O–H groups in total. The van der Waals surface area contributed by atoms with Gasteiger partial charge < -0.3 is 15.5 Å². The van der Waals surface area contributed by atoms with Gasteiger partial charge in [-0.25, -0.2) is 9.18 Å². The second-order valence-corrected chi connectivity index (χ2v) is 6.01. The Hall–Kier alpha value is -2.89. The van der Waals surface area contributed by atoms with Crippen LogP contribution in [0.4, 0.5) is 14.9 Å². The number of carbonyl (C=O) groups excluding carboxylic acids is 2. The van der Waals surface area contributed by atoms with E-state index in [1.165, 1.54) is 17.0 Å². The third kappa shape index (κ3) is 5.31. The van der Waals surface area contributed by atoms with Crippen molar-refractivity contribution in [2.75, 3.05) is 26.0 Å². The lowest BCUT2D eigenvalue weighted by Gasteiger charge is -2.15. The van der Waals surface area contributed by atoms with Crippen molar-refractivity contribution in [1.82, 2.24) is 10.2 Å². The number of nitrogens with one attached hydrogen (secondary N) is 2. The number of hydrogen-bond acceptors (Lipinski definition) is 2. The molecule has 0 aromatic heterocycles. The number of aryl methyl sites for hydroxylation is 1. The number of amides is 3. The fourth-order valence-corrected chi connectivity index (χ4v) is 2.25. The van der Waals surface area contributed by atoms with Gasteiger partial charge in [-0.15, -0.1) is 0 Å². The number of anilines is 1. The SMILES string of the molecule is Cc1ccc(NC(=O)N(C)C)c(C(=O)NCCc2ccc(F)cc2)c1. The van der Waals surface area contributed by atoms with Crippen molar-refractivity contribution in [2.45, 2.75) is 13.3 Å². The van der Waals surface area contributed by atoms with E-state index in [1.54, 1.807) is 38.4 Å². The van der Waals surface area contributed by atoms with E-state index < -0.39 is 0 Å². The van der Waals surface area contributed by atoms with Gasteiger partial charge in [0.1, 0.15) is 5.82 Å². The first-order valence-electron chi connectivity index (χ1n) is 7.98. The van der Waals surface area contributed by atoms with Crippen molar-refractivity contribution < 1.29 is 14.0 Å². The lowest BCUT2D eigenvalue weighted by molar-refractivity contribution is 0.0955. The lowest BCUT2D eigenvalue weighted by atomic mass is 10.1. The van der Waals surface area contributed by atoms with Crippen LogP contribution in [0.3, 0.4) is 0 Å². The molecular formula is C19H22FN3O2. The summed E-state index contributed by atoms with van der Waals surface area (Å²) >= 11 is 0. The first-order valence-corrected chi connectivity index (χ1v) is 7.98. The Bertz CT molecular complexity index is 758. The highest BCUT2D eigenvalue weighted by atomic mass is 19.1. The summed E-state index contributed by atoms with van der Waals surface area (Å²) in [6.07, 6.45) is 0.594. The molecule has 0 spiro atoms. The Kier molecular flexibility index (Phi) is 6.11. The largest absolute Gasteiger partial charge is 0.352 e. The Labute approximate surface area is 146 Å². The van der Waals surface area contributed by atoms with Crippen molar-refractivity contribution in [3.8, 4) is 0 Å². The summed E-state index contributed by atoms with van der Waals surface area (Å²) in [5.41, 5.74) is 2.73. The molecule has 0 heterocycles. The van der Waals surface area contributed by atoms with E-state index in [2.05, 4.69) is 10.6 Å². The molecule has 0 aliphatic carbocycles. The van der Waals surface area contributed by atoms with Crippen LogP contribution < -0.4 is 10.6 Å². The van der Waals surface area contributed by atoms with Crippen LogP contribution in [0.1, 0.15) is 21.5 Å². The van der Waals surface area contributed by atoms with Gasteiger partial charge in [0.15, 0.2) is 0 Å². The van der Waals surface area contributed by atoms with E-state index in [-0.39, 0.29) is 17.8 Å². The first-order chi connectivity index (χ1) is 11.9. The second-order valence-electron chi connectivity index (χ2n) is 6.01. The Morgan fingerprint density at radius 1 is 1.08 bits per heavy atom. The zero-order valence-electron chi connectivity index (χ0n) is 14.6. The molecule has 0 saturated heterocycles. The third-order valence-corrected chi connectivity index (χ3v) is 3.68. The quantitative estimate of drug-likeness (QED) is 0.876. The van der Waals surface area contributed by atoms with E-state index in [1.807, 2.05) is 13.0 Å². The molecule has 0 bridgehead atoms. The minimum absolute atomic E-state index is 0.264. The van der Waals surface area contributed by atoms with Gasteiger partial charge in [-0.1, -0.05) is 23.8 Å². The molecule has 0 radical (unpaired) electrons. The van der Waals surface area contributed by atoms with Crippen LogP contribution in [0, 0.1) is 12.7 Å². The molecule has 0 fully saturated rings.